The van der Waals surface area contributed by atoms with E-state index in [1.54, 1.807) is 24.3 Å². The van der Waals surface area contributed by atoms with Crippen molar-refractivity contribution in [3.63, 3.8) is 0 Å². The summed E-state index contributed by atoms with van der Waals surface area (Å²) in [6, 6.07) is 21.3. The van der Waals surface area contributed by atoms with Gasteiger partial charge in [-0.3, -0.25) is 25.0 Å². The van der Waals surface area contributed by atoms with Crippen LogP contribution in [-0.2, 0) is 4.79 Å². The summed E-state index contributed by atoms with van der Waals surface area (Å²) in [4.78, 5) is 45.9. The molecule has 42 heavy (non-hydrogen) atoms. The number of amides is 1. The van der Waals surface area contributed by atoms with Gasteiger partial charge in [0.05, 0.1) is 9.85 Å². The molecule has 0 saturated carbocycles. The standard InChI is InChI=1S/C15H12N4O3.C13H10N4O2.ClH/c1-9(20)17-12-4-2-10(3-5-12)14-7-11-6-13(19(21)22)8-16-15(11)18-14;14-10-3-1-8(2-4-10)12-6-9-5-11(17(18)19)7-15-13(9)16-12;/h2-8H,1H3,(H,16,18)(H,17,20);1-7H,14H2,(H,15,16);1H. The van der Waals surface area contributed by atoms with Crippen molar-refractivity contribution in [3.8, 4) is 22.5 Å². The van der Waals surface area contributed by atoms with E-state index in [9.17, 15) is 25.0 Å². The van der Waals surface area contributed by atoms with Crippen molar-refractivity contribution in [2.75, 3.05) is 11.1 Å². The first kappa shape index (κ1) is 29.2. The Kier molecular flexibility index (Phi) is 8.43. The molecular formula is C28H23ClN8O5. The maximum Gasteiger partial charge on any atom is 0.288 e. The number of anilines is 2. The second kappa shape index (κ2) is 12.1. The maximum atomic E-state index is 11.0. The van der Waals surface area contributed by atoms with E-state index in [1.807, 2.05) is 36.4 Å². The predicted molar refractivity (Wildman–Crippen MR) is 162 cm³/mol. The Bertz CT molecular complexity index is 1920. The third-order valence-electron chi connectivity index (χ3n) is 6.07. The Labute approximate surface area is 243 Å². The van der Waals surface area contributed by atoms with E-state index in [-0.39, 0.29) is 29.7 Å². The van der Waals surface area contributed by atoms with Gasteiger partial charge in [-0.25, -0.2) is 9.97 Å². The van der Waals surface area contributed by atoms with Crippen LogP contribution in [0, 0.1) is 20.2 Å². The molecule has 0 unspecified atom stereocenters. The van der Waals surface area contributed by atoms with Gasteiger partial charge in [-0.15, -0.1) is 12.4 Å². The molecule has 2 aromatic carbocycles. The van der Waals surface area contributed by atoms with E-state index in [0.717, 1.165) is 22.5 Å². The topological polar surface area (TPSA) is 199 Å². The Morgan fingerprint density at radius 1 is 0.762 bits per heavy atom. The van der Waals surface area contributed by atoms with Crippen LogP contribution >= 0.6 is 12.4 Å². The molecule has 13 nitrogen and oxygen atoms in total. The molecule has 1 amide bonds. The molecule has 0 atom stereocenters. The number of aromatic amines is 2. The second-order valence-corrected chi connectivity index (χ2v) is 9.02. The molecule has 6 rings (SSSR count). The van der Waals surface area contributed by atoms with Crippen LogP contribution in [0.15, 0.2) is 85.2 Å². The molecule has 4 heterocycles. The summed E-state index contributed by atoms with van der Waals surface area (Å²) < 4.78 is 0. The number of carbonyl (C=O) groups excluding carboxylic acids is 1. The van der Waals surface area contributed by atoms with Crippen molar-refractivity contribution in [3.05, 3.63) is 105 Å². The lowest BCUT2D eigenvalue weighted by molar-refractivity contribution is -0.385. The molecule has 0 radical (unpaired) electrons. The van der Waals surface area contributed by atoms with E-state index in [4.69, 9.17) is 5.73 Å². The Morgan fingerprint density at radius 3 is 1.60 bits per heavy atom. The fourth-order valence-corrected chi connectivity index (χ4v) is 4.12. The highest BCUT2D eigenvalue weighted by molar-refractivity contribution is 5.89. The van der Waals surface area contributed by atoms with Crippen LogP contribution in [-0.4, -0.2) is 35.7 Å². The third kappa shape index (κ3) is 6.48. The predicted octanol–water partition coefficient (Wildman–Crippen LogP) is 6.24. The monoisotopic (exact) mass is 586 g/mol. The third-order valence-corrected chi connectivity index (χ3v) is 6.07. The minimum absolute atomic E-state index is 0. The first-order chi connectivity index (χ1) is 19.7. The number of nitrogens with one attached hydrogen (secondary N) is 3. The van der Waals surface area contributed by atoms with Crippen LogP contribution in [0.4, 0.5) is 22.7 Å². The maximum absolute atomic E-state index is 11.0. The van der Waals surface area contributed by atoms with Crippen molar-refractivity contribution >= 4 is 63.1 Å². The molecule has 5 N–H and O–H groups in total. The van der Waals surface area contributed by atoms with Crippen LogP contribution in [0.25, 0.3) is 44.6 Å². The van der Waals surface area contributed by atoms with Crippen molar-refractivity contribution in [1.82, 2.24) is 19.9 Å². The molecule has 0 fully saturated rings. The number of benzene rings is 2. The fraction of sp³-hybridized carbons (Fsp3) is 0.0357. The van der Waals surface area contributed by atoms with Crippen LogP contribution in [0.5, 0.6) is 0 Å². The molecule has 0 saturated heterocycles. The van der Waals surface area contributed by atoms with Gasteiger partial charge in [-0.2, -0.15) is 0 Å². The lowest BCUT2D eigenvalue weighted by Crippen LogP contribution is -2.05. The summed E-state index contributed by atoms with van der Waals surface area (Å²) in [5, 5.41) is 25.5. The van der Waals surface area contributed by atoms with E-state index in [1.165, 1.54) is 31.5 Å². The smallest absolute Gasteiger partial charge is 0.288 e. The number of fused-ring (bicyclic) bond motifs is 2. The molecule has 0 aliphatic rings. The quantitative estimate of drug-likeness (QED) is 0.103. The van der Waals surface area contributed by atoms with Gasteiger partial charge in [-0.1, -0.05) is 24.3 Å². The van der Waals surface area contributed by atoms with Gasteiger partial charge in [0.1, 0.15) is 23.7 Å². The SMILES string of the molecule is CC(=O)Nc1ccc(-c2cc3cc([N+](=O)[O-])cnc3[nH]2)cc1.Cl.Nc1ccc(-c2cc3cc([N+](=O)[O-])cnc3[nH]2)cc1. The number of H-pyrrole nitrogens is 2. The lowest BCUT2D eigenvalue weighted by atomic mass is 10.1. The average Bonchev–Trinajstić information content (AvgIpc) is 3.57. The Hall–Kier alpha value is -5.82. The van der Waals surface area contributed by atoms with Crippen molar-refractivity contribution in [1.29, 1.82) is 0 Å². The van der Waals surface area contributed by atoms with E-state index >= 15 is 0 Å². The number of hydrogen-bond acceptors (Lipinski definition) is 8. The summed E-state index contributed by atoms with van der Waals surface area (Å²) >= 11 is 0. The minimum Gasteiger partial charge on any atom is -0.399 e. The second-order valence-electron chi connectivity index (χ2n) is 9.02. The van der Waals surface area contributed by atoms with E-state index in [0.29, 0.717) is 33.4 Å². The van der Waals surface area contributed by atoms with Gasteiger partial charge >= 0.3 is 0 Å². The zero-order valence-electron chi connectivity index (χ0n) is 21.9. The van der Waals surface area contributed by atoms with Gasteiger partial charge in [-0.05, 0) is 47.5 Å². The minimum atomic E-state index is -0.471. The first-order valence-electron chi connectivity index (χ1n) is 12.2. The highest BCUT2D eigenvalue weighted by Crippen LogP contribution is 2.27. The zero-order chi connectivity index (χ0) is 29.1. The summed E-state index contributed by atoms with van der Waals surface area (Å²) in [6.45, 7) is 1.45. The molecule has 0 aliphatic carbocycles. The average molecular weight is 587 g/mol. The van der Waals surface area contributed by atoms with Crippen molar-refractivity contribution < 1.29 is 14.6 Å². The molecule has 14 heteroatoms. The summed E-state index contributed by atoms with van der Waals surface area (Å²) in [6.07, 6.45) is 2.47. The number of carbonyl (C=O) groups is 1. The van der Waals surface area contributed by atoms with Gasteiger partial charge in [0.2, 0.25) is 5.91 Å². The summed E-state index contributed by atoms with van der Waals surface area (Å²) in [5.74, 6) is -0.130. The van der Waals surface area contributed by atoms with Gasteiger partial charge in [0, 0.05) is 52.6 Å². The number of pyridine rings is 2. The Morgan fingerprint density at radius 2 is 1.19 bits per heavy atom. The zero-order valence-corrected chi connectivity index (χ0v) is 22.7. The lowest BCUT2D eigenvalue weighted by Gasteiger charge is -2.03. The van der Waals surface area contributed by atoms with Crippen LogP contribution in [0.1, 0.15) is 6.92 Å². The van der Waals surface area contributed by atoms with Crippen molar-refractivity contribution in [2.45, 2.75) is 6.92 Å². The number of nitrogen functional groups attached to an aromatic ring is 1. The number of nitro groups is 2. The van der Waals surface area contributed by atoms with Crippen LogP contribution in [0.3, 0.4) is 0 Å². The largest absolute Gasteiger partial charge is 0.399 e. The number of hydrogen-bond donors (Lipinski definition) is 4. The van der Waals surface area contributed by atoms with Crippen LogP contribution < -0.4 is 11.1 Å². The number of nitrogens with zero attached hydrogens (tertiary/aromatic N) is 4. The molecule has 0 spiro atoms. The molecule has 0 aliphatic heterocycles. The molecule has 0 bridgehead atoms. The highest BCUT2D eigenvalue weighted by atomic mass is 35.5. The number of nitrogens with two attached hydrogens (primary N) is 1. The first-order valence-corrected chi connectivity index (χ1v) is 12.2. The summed E-state index contributed by atoms with van der Waals surface area (Å²) in [7, 11) is 0. The number of aromatic nitrogens is 4. The number of halogens is 1. The molecule has 212 valence electrons. The van der Waals surface area contributed by atoms with Gasteiger partial charge in [0.15, 0.2) is 0 Å². The number of rotatable bonds is 5. The van der Waals surface area contributed by atoms with Crippen LogP contribution in [0.2, 0.25) is 0 Å². The molecular weight excluding hydrogens is 564 g/mol. The van der Waals surface area contributed by atoms with E-state index < -0.39 is 9.85 Å². The van der Waals surface area contributed by atoms with Crippen molar-refractivity contribution in [2.24, 2.45) is 0 Å². The van der Waals surface area contributed by atoms with E-state index in [2.05, 4.69) is 25.3 Å². The molecule has 6 aromatic rings. The molecule has 4 aromatic heterocycles. The van der Waals surface area contributed by atoms with Gasteiger partial charge < -0.3 is 21.0 Å². The Balaban J connectivity index is 0.000000190. The highest BCUT2D eigenvalue weighted by Gasteiger charge is 2.12. The summed E-state index contributed by atoms with van der Waals surface area (Å²) in [5.41, 5.74) is 11.7. The normalized spacial score (nSPS) is 10.4. The fourth-order valence-electron chi connectivity index (χ4n) is 4.12. The van der Waals surface area contributed by atoms with Gasteiger partial charge in [0.25, 0.3) is 11.4 Å².